The predicted octanol–water partition coefficient (Wildman–Crippen LogP) is -0.999. The molecule has 0 aliphatic carbocycles. The molecule has 0 aliphatic heterocycles. The van der Waals surface area contributed by atoms with Gasteiger partial charge >= 0.3 is 5.69 Å². The molecule has 1 unspecified atom stereocenters. The monoisotopic (exact) mass is 267 g/mol. The van der Waals surface area contributed by atoms with Gasteiger partial charge in [-0.05, 0) is 5.92 Å². The molecule has 0 aliphatic rings. The number of hydrogen-bond donors (Lipinski definition) is 3. The lowest BCUT2D eigenvalue weighted by atomic mass is 10.2. The van der Waals surface area contributed by atoms with Crippen molar-refractivity contribution in [2.75, 3.05) is 18.5 Å². The van der Waals surface area contributed by atoms with Gasteiger partial charge in [0.15, 0.2) is 11.2 Å². The molecule has 0 saturated heterocycles. The number of H-pyrrole nitrogens is 1. The number of anilines is 1. The summed E-state index contributed by atoms with van der Waals surface area (Å²) < 4.78 is 2.34. The van der Waals surface area contributed by atoms with Crippen molar-refractivity contribution in [2.45, 2.75) is 6.92 Å². The molecule has 8 heteroatoms. The fourth-order valence-electron chi connectivity index (χ4n) is 1.75. The highest BCUT2D eigenvalue weighted by molar-refractivity contribution is 5.72. The van der Waals surface area contributed by atoms with E-state index >= 15 is 0 Å². The van der Waals surface area contributed by atoms with Crippen molar-refractivity contribution in [2.24, 2.45) is 20.0 Å². The average Bonchev–Trinajstić information content (AvgIpc) is 2.84. The number of aromatic nitrogens is 4. The van der Waals surface area contributed by atoms with E-state index in [-0.39, 0.29) is 18.0 Å². The van der Waals surface area contributed by atoms with Crippen molar-refractivity contribution in [3.63, 3.8) is 0 Å². The van der Waals surface area contributed by atoms with Gasteiger partial charge in [0.1, 0.15) is 0 Å². The Morgan fingerprint density at radius 3 is 2.68 bits per heavy atom. The van der Waals surface area contributed by atoms with E-state index in [1.165, 1.54) is 11.6 Å². The van der Waals surface area contributed by atoms with E-state index in [4.69, 9.17) is 5.11 Å². The van der Waals surface area contributed by atoms with Gasteiger partial charge in [-0.3, -0.25) is 13.9 Å². The number of imidazole rings is 1. The highest BCUT2D eigenvalue weighted by Gasteiger charge is 2.13. The molecule has 0 fully saturated rings. The lowest BCUT2D eigenvalue weighted by molar-refractivity contribution is 0.244. The van der Waals surface area contributed by atoms with Gasteiger partial charge in [-0.25, -0.2) is 4.79 Å². The van der Waals surface area contributed by atoms with E-state index < -0.39 is 11.2 Å². The minimum Gasteiger partial charge on any atom is -0.396 e. The molecule has 8 nitrogen and oxygen atoms in total. The zero-order valence-electron chi connectivity index (χ0n) is 11.1. The summed E-state index contributed by atoms with van der Waals surface area (Å²) in [5.41, 5.74) is -0.232. The number of aryl methyl sites for hydroxylation is 1. The number of aliphatic hydroxyl groups is 1. The Morgan fingerprint density at radius 1 is 1.37 bits per heavy atom. The molecule has 0 amide bonds. The molecule has 0 saturated carbocycles. The fourth-order valence-corrected chi connectivity index (χ4v) is 1.75. The third-order valence-electron chi connectivity index (χ3n) is 3.02. The van der Waals surface area contributed by atoms with E-state index in [2.05, 4.69) is 15.3 Å². The predicted molar refractivity (Wildman–Crippen MR) is 71.3 cm³/mol. The van der Waals surface area contributed by atoms with Crippen molar-refractivity contribution in [3.05, 3.63) is 20.8 Å². The fraction of sp³-hybridized carbons (Fsp3) is 0.545. The van der Waals surface area contributed by atoms with Crippen LogP contribution in [0, 0.1) is 5.92 Å². The summed E-state index contributed by atoms with van der Waals surface area (Å²) in [6.07, 6.45) is 0. The van der Waals surface area contributed by atoms with Gasteiger partial charge in [0, 0.05) is 27.2 Å². The quantitative estimate of drug-likeness (QED) is 0.659. The summed E-state index contributed by atoms with van der Waals surface area (Å²) >= 11 is 0. The number of fused-ring (bicyclic) bond motifs is 1. The summed E-state index contributed by atoms with van der Waals surface area (Å²) in [4.78, 5) is 30.7. The Hall–Kier alpha value is -2.09. The number of rotatable bonds is 4. The summed E-state index contributed by atoms with van der Waals surface area (Å²) in [6, 6.07) is 0. The maximum absolute atomic E-state index is 11.9. The van der Waals surface area contributed by atoms with Gasteiger partial charge in [0.2, 0.25) is 5.95 Å². The van der Waals surface area contributed by atoms with Gasteiger partial charge < -0.3 is 15.4 Å². The molecular weight excluding hydrogens is 250 g/mol. The highest BCUT2D eigenvalue weighted by atomic mass is 16.3. The van der Waals surface area contributed by atoms with Crippen LogP contribution in [0.5, 0.6) is 0 Å². The van der Waals surface area contributed by atoms with Crippen LogP contribution in [-0.2, 0) is 14.1 Å². The molecule has 1 atom stereocenters. The first-order valence-electron chi connectivity index (χ1n) is 5.96. The summed E-state index contributed by atoms with van der Waals surface area (Å²) in [7, 11) is 2.98. The molecule has 0 aromatic carbocycles. The Balaban J connectivity index is 2.46. The maximum Gasteiger partial charge on any atom is 0.332 e. The second kappa shape index (κ2) is 4.88. The number of nitrogens with one attached hydrogen (secondary N) is 2. The van der Waals surface area contributed by atoms with E-state index in [9.17, 15) is 9.59 Å². The van der Waals surface area contributed by atoms with Crippen LogP contribution in [0.1, 0.15) is 6.92 Å². The van der Waals surface area contributed by atoms with Crippen LogP contribution >= 0.6 is 0 Å². The van der Waals surface area contributed by atoms with Crippen LogP contribution < -0.4 is 16.6 Å². The summed E-state index contributed by atoms with van der Waals surface area (Å²) in [5.74, 6) is 0.480. The van der Waals surface area contributed by atoms with Gasteiger partial charge in [0.25, 0.3) is 5.56 Å². The van der Waals surface area contributed by atoms with Crippen LogP contribution in [-0.4, -0.2) is 37.4 Å². The summed E-state index contributed by atoms with van der Waals surface area (Å²) in [6.45, 7) is 2.46. The molecule has 2 aromatic rings. The van der Waals surface area contributed by atoms with Crippen LogP contribution in [0.3, 0.4) is 0 Å². The molecule has 2 rings (SSSR count). The van der Waals surface area contributed by atoms with E-state index in [1.807, 2.05) is 6.92 Å². The van der Waals surface area contributed by atoms with E-state index in [0.29, 0.717) is 18.1 Å². The van der Waals surface area contributed by atoms with Gasteiger partial charge in [0.05, 0.1) is 0 Å². The van der Waals surface area contributed by atoms with Crippen molar-refractivity contribution < 1.29 is 5.11 Å². The van der Waals surface area contributed by atoms with Crippen LogP contribution in [0.15, 0.2) is 9.59 Å². The molecule has 0 bridgehead atoms. The second-order valence-corrected chi connectivity index (χ2v) is 4.66. The highest BCUT2D eigenvalue weighted by Crippen LogP contribution is 2.08. The number of aromatic amines is 1. The minimum absolute atomic E-state index is 0.0630. The Morgan fingerprint density at radius 2 is 2.05 bits per heavy atom. The number of hydrogen-bond acceptors (Lipinski definition) is 5. The van der Waals surface area contributed by atoms with Gasteiger partial charge in [-0.2, -0.15) is 4.98 Å². The zero-order chi connectivity index (χ0) is 14.2. The molecule has 3 N–H and O–H groups in total. The van der Waals surface area contributed by atoms with Gasteiger partial charge in [-0.1, -0.05) is 6.92 Å². The van der Waals surface area contributed by atoms with Crippen LogP contribution in [0.4, 0.5) is 5.95 Å². The zero-order valence-corrected chi connectivity index (χ0v) is 11.1. The first kappa shape index (κ1) is 13.3. The Kier molecular flexibility index (Phi) is 3.43. The van der Waals surface area contributed by atoms with Crippen molar-refractivity contribution in [1.82, 2.24) is 19.1 Å². The minimum atomic E-state index is -0.417. The van der Waals surface area contributed by atoms with Crippen molar-refractivity contribution in [3.8, 4) is 0 Å². The lowest BCUT2D eigenvalue weighted by Crippen LogP contribution is -2.36. The van der Waals surface area contributed by atoms with Gasteiger partial charge in [-0.15, -0.1) is 0 Å². The number of aliphatic hydroxyl groups excluding tert-OH is 1. The normalized spacial score (nSPS) is 12.8. The Labute approximate surface area is 108 Å². The summed E-state index contributed by atoms with van der Waals surface area (Å²) in [5, 5.41) is 11.9. The van der Waals surface area contributed by atoms with E-state index in [0.717, 1.165) is 4.57 Å². The third kappa shape index (κ3) is 2.26. The molecular formula is C11H17N5O3. The average molecular weight is 267 g/mol. The topological polar surface area (TPSA) is 105 Å². The lowest BCUT2D eigenvalue weighted by Gasteiger charge is -2.07. The van der Waals surface area contributed by atoms with Crippen molar-refractivity contribution >= 4 is 17.1 Å². The maximum atomic E-state index is 11.9. The largest absolute Gasteiger partial charge is 0.396 e. The molecule has 19 heavy (non-hydrogen) atoms. The standard InChI is InChI=1S/C11H17N5O3/c1-6(5-17)4-12-10-13-7-8(14-10)15(2)11(19)16(3)9(7)18/h6,17H,4-5H2,1-3H3,(H2,12,13,14). The SMILES string of the molecule is CC(CO)CNc1nc2c([nH]1)c(=O)n(C)c(=O)n2C. The molecule has 0 spiro atoms. The van der Waals surface area contributed by atoms with Crippen LogP contribution in [0.2, 0.25) is 0 Å². The molecule has 2 aromatic heterocycles. The van der Waals surface area contributed by atoms with Crippen molar-refractivity contribution in [1.29, 1.82) is 0 Å². The molecule has 104 valence electrons. The smallest absolute Gasteiger partial charge is 0.332 e. The van der Waals surface area contributed by atoms with E-state index in [1.54, 1.807) is 7.05 Å². The number of nitrogens with zero attached hydrogens (tertiary/aromatic N) is 3. The van der Waals surface area contributed by atoms with Crippen LogP contribution in [0.25, 0.3) is 11.2 Å². The Bertz CT molecular complexity index is 711. The molecule has 2 heterocycles. The first-order chi connectivity index (χ1) is 8.95. The second-order valence-electron chi connectivity index (χ2n) is 4.66. The third-order valence-corrected chi connectivity index (χ3v) is 3.02. The first-order valence-corrected chi connectivity index (χ1v) is 5.96. The molecule has 0 radical (unpaired) electrons.